The Labute approximate surface area is 188 Å². The van der Waals surface area contributed by atoms with Crippen molar-refractivity contribution in [1.82, 2.24) is 4.31 Å². The molecule has 1 aliphatic rings. The number of anilines is 1. The van der Waals surface area contributed by atoms with Gasteiger partial charge >= 0.3 is 5.97 Å². The molecule has 8 nitrogen and oxygen atoms in total. The molecule has 0 saturated carbocycles. The Morgan fingerprint density at radius 2 is 1.75 bits per heavy atom. The van der Waals surface area contributed by atoms with Crippen LogP contribution in [-0.2, 0) is 24.3 Å². The molecule has 3 rings (SSSR count). The quantitative estimate of drug-likeness (QED) is 0.638. The van der Waals surface area contributed by atoms with Crippen LogP contribution in [0.1, 0.15) is 41.3 Å². The Bertz CT molecular complexity index is 1070. The van der Waals surface area contributed by atoms with Crippen LogP contribution in [0.2, 0.25) is 0 Å². The van der Waals surface area contributed by atoms with E-state index in [1.165, 1.54) is 16.4 Å². The Kier molecular flexibility index (Phi) is 7.65. The maximum absolute atomic E-state index is 13.0. The summed E-state index contributed by atoms with van der Waals surface area (Å²) in [4.78, 5) is 24.7. The standard InChI is InChI=1S/C23H28N2O6S/c1-16(2)18-6-8-20(9-7-18)24-22(26)15-31-23(27)19-5-4-17(3)21(14-19)32(28,29)25-10-12-30-13-11-25/h4-9,14,16H,10-13,15H2,1-3H3,(H,24,26). The third kappa shape index (κ3) is 5.73. The Morgan fingerprint density at radius 1 is 1.09 bits per heavy atom. The highest BCUT2D eigenvalue weighted by atomic mass is 32.2. The number of amides is 1. The molecule has 32 heavy (non-hydrogen) atoms. The molecule has 1 saturated heterocycles. The third-order valence-corrected chi connectivity index (χ3v) is 7.25. The number of morpholine rings is 1. The smallest absolute Gasteiger partial charge is 0.338 e. The molecule has 9 heteroatoms. The SMILES string of the molecule is Cc1ccc(C(=O)OCC(=O)Nc2ccc(C(C)C)cc2)cc1S(=O)(=O)N1CCOCC1. The van der Waals surface area contributed by atoms with E-state index in [0.717, 1.165) is 5.56 Å². The van der Waals surface area contributed by atoms with Crippen LogP contribution in [-0.4, -0.2) is 57.5 Å². The number of benzene rings is 2. The maximum atomic E-state index is 13.0. The van der Waals surface area contributed by atoms with E-state index >= 15 is 0 Å². The van der Waals surface area contributed by atoms with E-state index in [4.69, 9.17) is 9.47 Å². The minimum absolute atomic E-state index is 0.0449. The van der Waals surface area contributed by atoms with Crippen LogP contribution in [0.4, 0.5) is 5.69 Å². The molecule has 1 amide bonds. The molecule has 0 radical (unpaired) electrons. The third-order valence-electron chi connectivity index (χ3n) is 5.21. The summed E-state index contributed by atoms with van der Waals surface area (Å²) in [5.41, 5.74) is 2.34. The number of sulfonamides is 1. The summed E-state index contributed by atoms with van der Waals surface area (Å²) in [5, 5.41) is 2.67. The fraction of sp³-hybridized carbons (Fsp3) is 0.391. The molecule has 0 atom stereocenters. The summed E-state index contributed by atoms with van der Waals surface area (Å²) >= 11 is 0. The van der Waals surface area contributed by atoms with E-state index in [0.29, 0.717) is 30.4 Å². The van der Waals surface area contributed by atoms with Gasteiger partial charge in [0.05, 0.1) is 23.7 Å². The number of nitrogens with zero attached hydrogens (tertiary/aromatic N) is 1. The first kappa shape index (κ1) is 23.9. The van der Waals surface area contributed by atoms with E-state index in [-0.39, 0.29) is 23.5 Å². The van der Waals surface area contributed by atoms with Crippen LogP contribution in [0, 0.1) is 6.92 Å². The van der Waals surface area contributed by atoms with Crippen LogP contribution < -0.4 is 5.32 Å². The van der Waals surface area contributed by atoms with Gasteiger partial charge in [-0.1, -0.05) is 32.0 Å². The predicted molar refractivity (Wildman–Crippen MR) is 120 cm³/mol. The Hall–Kier alpha value is -2.75. The Balaban J connectivity index is 1.63. The maximum Gasteiger partial charge on any atom is 0.338 e. The van der Waals surface area contributed by atoms with Crippen LogP contribution in [0.25, 0.3) is 0 Å². The summed E-state index contributed by atoms with van der Waals surface area (Å²) in [6, 6.07) is 11.8. The second kappa shape index (κ2) is 10.2. The lowest BCUT2D eigenvalue weighted by atomic mass is 10.0. The molecule has 0 unspecified atom stereocenters. The highest BCUT2D eigenvalue weighted by Crippen LogP contribution is 2.23. The lowest BCUT2D eigenvalue weighted by molar-refractivity contribution is -0.119. The zero-order valence-corrected chi connectivity index (χ0v) is 19.3. The molecule has 1 aliphatic heterocycles. The lowest BCUT2D eigenvalue weighted by Crippen LogP contribution is -2.40. The van der Waals surface area contributed by atoms with Gasteiger partial charge in [-0.25, -0.2) is 13.2 Å². The lowest BCUT2D eigenvalue weighted by Gasteiger charge is -2.26. The topological polar surface area (TPSA) is 102 Å². The van der Waals surface area contributed by atoms with Gasteiger partial charge in [-0.2, -0.15) is 4.31 Å². The van der Waals surface area contributed by atoms with Crippen LogP contribution in [0.3, 0.4) is 0 Å². The molecule has 2 aromatic carbocycles. The summed E-state index contributed by atoms with van der Waals surface area (Å²) in [6.07, 6.45) is 0. The largest absolute Gasteiger partial charge is 0.452 e. The van der Waals surface area contributed by atoms with Gasteiger partial charge in [0.25, 0.3) is 5.91 Å². The van der Waals surface area contributed by atoms with Gasteiger partial charge in [0.15, 0.2) is 6.61 Å². The fourth-order valence-corrected chi connectivity index (χ4v) is 4.95. The fourth-order valence-electron chi connectivity index (χ4n) is 3.29. The number of ether oxygens (including phenoxy) is 2. The number of aryl methyl sites for hydroxylation is 1. The van der Waals surface area contributed by atoms with Gasteiger partial charge in [-0.05, 0) is 48.2 Å². The van der Waals surface area contributed by atoms with Crippen molar-refractivity contribution in [3.8, 4) is 0 Å². The second-order valence-corrected chi connectivity index (χ2v) is 9.80. The number of rotatable bonds is 7. The first-order valence-electron chi connectivity index (χ1n) is 10.4. The van der Waals surface area contributed by atoms with Crippen LogP contribution in [0.5, 0.6) is 0 Å². The van der Waals surface area contributed by atoms with E-state index in [1.807, 2.05) is 12.1 Å². The van der Waals surface area contributed by atoms with Crippen molar-refractivity contribution in [3.63, 3.8) is 0 Å². The summed E-state index contributed by atoms with van der Waals surface area (Å²) in [7, 11) is -3.76. The summed E-state index contributed by atoms with van der Waals surface area (Å²) in [5.74, 6) is -0.871. The molecule has 2 aromatic rings. The number of nitrogens with one attached hydrogen (secondary N) is 1. The van der Waals surface area contributed by atoms with Crippen LogP contribution >= 0.6 is 0 Å². The van der Waals surface area contributed by atoms with Crippen molar-refractivity contribution in [1.29, 1.82) is 0 Å². The second-order valence-electron chi connectivity index (χ2n) is 7.90. The van der Waals surface area contributed by atoms with Gasteiger partial charge in [-0.3, -0.25) is 4.79 Å². The molecule has 0 aromatic heterocycles. The van der Waals surface area contributed by atoms with Crippen molar-refractivity contribution in [2.45, 2.75) is 31.6 Å². The number of hydrogen-bond donors (Lipinski definition) is 1. The zero-order valence-electron chi connectivity index (χ0n) is 18.5. The average molecular weight is 461 g/mol. The first-order valence-corrected chi connectivity index (χ1v) is 11.9. The number of hydrogen-bond acceptors (Lipinski definition) is 6. The monoisotopic (exact) mass is 460 g/mol. The summed E-state index contributed by atoms with van der Waals surface area (Å²) in [6.45, 7) is 6.52. The molecule has 1 N–H and O–H groups in total. The summed E-state index contributed by atoms with van der Waals surface area (Å²) < 4.78 is 37.6. The molecular weight excluding hydrogens is 432 g/mol. The molecular formula is C23H28N2O6S. The minimum Gasteiger partial charge on any atom is -0.452 e. The van der Waals surface area contributed by atoms with Crippen LogP contribution in [0.15, 0.2) is 47.4 Å². The van der Waals surface area contributed by atoms with Gasteiger partial charge in [0, 0.05) is 18.8 Å². The number of carbonyl (C=O) groups is 2. The molecule has 0 spiro atoms. The zero-order chi connectivity index (χ0) is 23.3. The number of esters is 1. The van der Waals surface area contributed by atoms with E-state index < -0.39 is 28.5 Å². The minimum atomic E-state index is -3.76. The van der Waals surface area contributed by atoms with Gasteiger partial charge < -0.3 is 14.8 Å². The van der Waals surface area contributed by atoms with E-state index in [2.05, 4.69) is 19.2 Å². The van der Waals surface area contributed by atoms with E-state index in [1.54, 1.807) is 25.1 Å². The van der Waals surface area contributed by atoms with Gasteiger partial charge in [0.1, 0.15) is 0 Å². The van der Waals surface area contributed by atoms with Crippen molar-refractivity contribution in [2.24, 2.45) is 0 Å². The van der Waals surface area contributed by atoms with Gasteiger partial charge in [0.2, 0.25) is 10.0 Å². The molecule has 0 bridgehead atoms. The van der Waals surface area contributed by atoms with Crippen molar-refractivity contribution in [3.05, 3.63) is 59.2 Å². The average Bonchev–Trinajstić information content (AvgIpc) is 2.78. The highest BCUT2D eigenvalue weighted by Gasteiger charge is 2.28. The van der Waals surface area contributed by atoms with E-state index in [9.17, 15) is 18.0 Å². The molecule has 1 heterocycles. The van der Waals surface area contributed by atoms with Crippen molar-refractivity contribution < 1.29 is 27.5 Å². The molecule has 1 fully saturated rings. The molecule has 0 aliphatic carbocycles. The predicted octanol–water partition coefficient (Wildman–Crippen LogP) is 2.93. The number of carbonyl (C=O) groups excluding carboxylic acids is 2. The first-order chi connectivity index (χ1) is 15.2. The van der Waals surface area contributed by atoms with Crippen molar-refractivity contribution in [2.75, 3.05) is 38.2 Å². The highest BCUT2D eigenvalue weighted by molar-refractivity contribution is 7.89. The normalized spacial score (nSPS) is 14.9. The molecule has 172 valence electrons. The Morgan fingerprint density at radius 3 is 2.38 bits per heavy atom. The van der Waals surface area contributed by atoms with Gasteiger partial charge in [-0.15, -0.1) is 0 Å². The van der Waals surface area contributed by atoms with Crippen molar-refractivity contribution >= 4 is 27.6 Å².